The normalized spacial score (nSPS) is 10.8. The van der Waals surface area contributed by atoms with Crippen LogP contribution in [-0.4, -0.2) is 15.5 Å². The van der Waals surface area contributed by atoms with Crippen LogP contribution in [0.1, 0.15) is 6.42 Å². The number of carbonyl (C=O) groups excluding carboxylic acids is 1. The molecular formula is C21H17N3O3. The number of carbonyl (C=O) groups is 1. The maximum Gasteiger partial charge on any atom is 0.419 e. The first-order valence-corrected chi connectivity index (χ1v) is 8.60. The van der Waals surface area contributed by atoms with Crippen molar-refractivity contribution in [3.63, 3.8) is 0 Å². The molecule has 2 aromatic heterocycles. The number of hydrogen-bond acceptors (Lipinski definition) is 4. The van der Waals surface area contributed by atoms with Gasteiger partial charge in [-0.25, -0.2) is 9.78 Å². The average Bonchev–Trinajstić information content (AvgIpc) is 3.03. The Bertz CT molecular complexity index is 1130. The number of benzene rings is 2. The molecule has 6 heteroatoms. The summed E-state index contributed by atoms with van der Waals surface area (Å²) in [5, 5.41) is 2.75. The summed E-state index contributed by atoms with van der Waals surface area (Å²) in [6.45, 7) is 0.240. The predicted octanol–water partition coefficient (Wildman–Crippen LogP) is 3.69. The van der Waals surface area contributed by atoms with E-state index in [-0.39, 0.29) is 18.9 Å². The molecule has 0 saturated heterocycles. The Morgan fingerprint density at radius 2 is 1.74 bits per heavy atom. The summed E-state index contributed by atoms with van der Waals surface area (Å²) in [6.07, 6.45) is 1.87. The molecule has 0 aliphatic rings. The average molecular weight is 359 g/mol. The number of fused-ring (bicyclic) bond motifs is 1. The van der Waals surface area contributed by atoms with Gasteiger partial charge in [-0.2, -0.15) is 0 Å². The van der Waals surface area contributed by atoms with E-state index in [0.717, 1.165) is 11.1 Å². The summed E-state index contributed by atoms with van der Waals surface area (Å²) >= 11 is 0. The SMILES string of the molecule is O=C(CCn1c(=O)oc2ccccc21)Nc1ccc(-c2ccccc2)cn1. The van der Waals surface area contributed by atoms with Gasteiger partial charge in [0.2, 0.25) is 5.91 Å². The third-order valence-electron chi connectivity index (χ3n) is 4.27. The smallest absolute Gasteiger partial charge is 0.408 e. The lowest BCUT2D eigenvalue weighted by Crippen LogP contribution is -2.20. The number of para-hydroxylation sites is 2. The molecule has 0 aliphatic carbocycles. The van der Waals surface area contributed by atoms with Crippen LogP contribution in [0.4, 0.5) is 5.82 Å². The van der Waals surface area contributed by atoms with E-state index in [1.807, 2.05) is 42.5 Å². The summed E-state index contributed by atoms with van der Waals surface area (Å²) in [5.74, 6) is -0.203. The Balaban J connectivity index is 1.41. The van der Waals surface area contributed by atoms with E-state index >= 15 is 0 Å². The highest BCUT2D eigenvalue weighted by Gasteiger charge is 2.11. The van der Waals surface area contributed by atoms with E-state index in [0.29, 0.717) is 16.9 Å². The minimum atomic E-state index is -0.464. The van der Waals surface area contributed by atoms with Crippen LogP contribution in [-0.2, 0) is 11.3 Å². The second-order valence-corrected chi connectivity index (χ2v) is 6.08. The van der Waals surface area contributed by atoms with E-state index in [9.17, 15) is 9.59 Å². The predicted molar refractivity (Wildman–Crippen MR) is 103 cm³/mol. The van der Waals surface area contributed by atoms with E-state index in [4.69, 9.17) is 4.42 Å². The molecule has 0 fully saturated rings. The Morgan fingerprint density at radius 3 is 2.52 bits per heavy atom. The van der Waals surface area contributed by atoms with Crippen molar-refractivity contribution in [3.05, 3.63) is 83.5 Å². The van der Waals surface area contributed by atoms with Crippen molar-refractivity contribution in [2.45, 2.75) is 13.0 Å². The maximum atomic E-state index is 12.2. The van der Waals surface area contributed by atoms with Gasteiger partial charge in [-0.05, 0) is 29.8 Å². The minimum absolute atomic E-state index is 0.144. The number of nitrogens with zero attached hydrogens (tertiary/aromatic N) is 2. The van der Waals surface area contributed by atoms with Crippen molar-refractivity contribution in [1.82, 2.24) is 9.55 Å². The van der Waals surface area contributed by atoms with Crippen molar-refractivity contribution >= 4 is 22.8 Å². The van der Waals surface area contributed by atoms with Crippen LogP contribution < -0.4 is 11.1 Å². The van der Waals surface area contributed by atoms with Gasteiger partial charge in [-0.15, -0.1) is 0 Å². The molecule has 0 radical (unpaired) electrons. The summed E-state index contributed by atoms with van der Waals surface area (Å²) in [4.78, 5) is 28.4. The molecule has 2 aromatic carbocycles. The Hall–Kier alpha value is -3.67. The largest absolute Gasteiger partial charge is 0.419 e. The lowest BCUT2D eigenvalue weighted by Gasteiger charge is -2.06. The van der Waals surface area contributed by atoms with Crippen molar-refractivity contribution in [2.75, 3.05) is 5.32 Å². The monoisotopic (exact) mass is 359 g/mol. The van der Waals surface area contributed by atoms with E-state index in [1.54, 1.807) is 30.5 Å². The highest BCUT2D eigenvalue weighted by Crippen LogP contribution is 2.19. The number of anilines is 1. The number of rotatable bonds is 5. The molecule has 4 rings (SSSR count). The number of oxazole rings is 1. The van der Waals surface area contributed by atoms with Crippen LogP contribution in [0.2, 0.25) is 0 Å². The van der Waals surface area contributed by atoms with E-state index in [2.05, 4.69) is 10.3 Å². The Labute approximate surface area is 155 Å². The van der Waals surface area contributed by atoms with Crippen LogP contribution in [0, 0.1) is 0 Å². The summed E-state index contributed by atoms with van der Waals surface area (Å²) in [6, 6.07) is 20.7. The zero-order chi connectivity index (χ0) is 18.6. The van der Waals surface area contributed by atoms with Gasteiger partial charge in [0.05, 0.1) is 5.52 Å². The van der Waals surface area contributed by atoms with Crippen molar-refractivity contribution in [3.8, 4) is 11.1 Å². The molecule has 0 saturated carbocycles. The zero-order valence-electron chi connectivity index (χ0n) is 14.5. The molecule has 0 unspecified atom stereocenters. The number of nitrogens with one attached hydrogen (secondary N) is 1. The number of pyridine rings is 1. The van der Waals surface area contributed by atoms with Gasteiger partial charge >= 0.3 is 5.76 Å². The topological polar surface area (TPSA) is 77.1 Å². The fourth-order valence-electron chi connectivity index (χ4n) is 2.91. The molecule has 0 aliphatic heterocycles. The number of aryl methyl sites for hydroxylation is 1. The number of amides is 1. The zero-order valence-corrected chi connectivity index (χ0v) is 14.5. The fourth-order valence-corrected chi connectivity index (χ4v) is 2.91. The second-order valence-electron chi connectivity index (χ2n) is 6.08. The highest BCUT2D eigenvalue weighted by atomic mass is 16.4. The molecule has 1 N–H and O–H groups in total. The molecule has 0 atom stereocenters. The lowest BCUT2D eigenvalue weighted by molar-refractivity contribution is -0.116. The maximum absolute atomic E-state index is 12.2. The number of aromatic nitrogens is 2. The van der Waals surface area contributed by atoms with Gasteiger partial charge in [-0.3, -0.25) is 9.36 Å². The van der Waals surface area contributed by atoms with Gasteiger partial charge in [0.15, 0.2) is 5.58 Å². The molecule has 134 valence electrons. The van der Waals surface area contributed by atoms with Gasteiger partial charge in [0, 0.05) is 24.7 Å². The van der Waals surface area contributed by atoms with E-state index < -0.39 is 5.76 Å². The third-order valence-corrected chi connectivity index (χ3v) is 4.27. The van der Waals surface area contributed by atoms with Crippen molar-refractivity contribution in [2.24, 2.45) is 0 Å². The molecular weight excluding hydrogens is 342 g/mol. The lowest BCUT2D eigenvalue weighted by atomic mass is 10.1. The molecule has 2 heterocycles. The van der Waals surface area contributed by atoms with Gasteiger partial charge in [0.25, 0.3) is 0 Å². The van der Waals surface area contributed by atoms with E-state index in [1.165, 1.54) is 4.57 Å². The summed E-state index contributed by atoms with van der Waals surface area (Å²) in [7, 11) is 0. The first-order chi connectivity index (χ1) is 13.2. The molecule has 1 amide bonds. The molecule has 0 bridgehead atoms. The van der Waals surface area contributed by atoms with Gasteiger partial charge in [-0.1, -0.05) is 42.5 Å². The molecule has 6 nitrogen and oxygen atoms in total. The van der Waals surface area contributed by atoms with Gasteiger partial charge in [0.1, 0.15) is 5.82 Å². The molecule has 0 spiro atoms. The Kier molecular flexibility index (Phi) is 4.53. The molecule has 27 heavy (non-hydrogen) atoms. The number of hydrogen-bond donors (Lipinski definition) is 1. The van der Waals surface area contributed by atoms with Gasteiger partial charge < -0.3 is 9.73 Å². The summed E-state index contributed by atoms with van der Waals surface area (Å²) in [5.41, 5.74) is 3.24. The van der Waals surface area contributed by atoms with Crippen LogP contribution >= 0.6 is 0 Å². The van der Waals surface area contributed by atoms with Crippen LogP contribution in [0.5, 0.6) is 0 Å². The Morgan fingerprint density at radius 1 is 0.963 bits per heavy atom. The van der Waals surface area contributed by atoms with Crippen LogP contribution in [0.3, 0.4) is 0 Å². The third kappa shape index (κ3) is 3.64. The second kappa shape index (κ2) is 7.29. The van der Waals surface area contributed by atoms with Crippen LogP contribution in [0.25, 0.3) is 22.2 Å². The quantitative estimate of drug-likeness (QED) is 0.590. The highest BCUT2D eigenvalue weighted by molar-refractivity contribution is 5.90. The minimum Gasteiger partial charge on any atom is -0.408 e. The van der Waals surface area contributed by atoms with Crippen molar-refractivity contribution in [1.29, 1.82) is 0 Å². The first kappa shape index (κ1) is 16.8. The fraction of sp³-hybridized carbons (Fsp3) is 0.0952. The standard InChI is InChI=1S/C21H17N3O3/c25-20(12-13-24-17-8-4-5-9-18(17)27-21(24)26)23-19-11-10-16(14-22-19)15-6-2-1-3-7-15/h1-11,14H,12-13H2,(H,22,23,25). The molecule has 4 aromatic rings. The van der Waals surface area contributed by atoms with Crippen molar-refractivity contribution < 1.29 is 9.21 Å². The first-order valence-electron chi connectivity index (χ1n) is 8.60. The van der Waals surface area contributed by atoms with Crippen LogP contribution in [0.15, 0.2) is 82.1 Å². The summed E-state index contributed by atoms with van der Waals surface area (Å²) < 4.78 is 6.63.